The summed E-state index contributed by atoms with van der Waals surface area (Å²) in [7, 11) is 0. The number of ether oxygens (including phenoxy) is 1. The lowest BCUT2D eigenvalue weighted by molar-refractivity contribution is -0.0229. The quantitative estimate of drug-likeness (QED) is 0.570. The molecule has 1 saturated carbocycles. The third-order valence-corrected chi connectivity index (χ3v) is 4.18. The van der Waals surface area contributed by atoms with E-state index >= 15 is 0 Å². The van der Waals surface area contributed by atoms with E-state index in [4.69, 9.17) is 4.74 Å². The van der Waals surface area contributed by atoms with Crippen LogP contribution in [0.1, 0.15) is 52.4 Å². The Morgan fingerprint density at radius 3 is 2.55 bits per heavy atom. The van der Waals surface area contributed by atoms with Crippen molar-refractivity contribution < 1.29 is 9.84 Å². The maximum Gasteiger partial charge on any atom is 0.0897 e. The van der Waals surface area contributed by atoms with Crippen molar-refractivity contribution in [2.24, 2.45) is 0 Å². The van der Waals surface area contributed by atoms with Crippen molar-refractivity contribution in [3.05, 3.63) is 0 Å². The van der Waals surface area contributed by atoms with Crippen LogP contribution in [0.3, 0.4) is 0 Å². The van der Waals surface area contributed by atoms with E-state index in [0.717, 1.165) is 32.6 Å². The predicted octanol–water partition coefficient (Wildman–Crippen LogP) is 2.02. The van der Waals surface area contributed by atoms with Gasteiger partial charge in [0.25, 0.3) is 0 Å². The Bertz CT molecular complexity index is 217. The summed E-state index contributed by atoms with van der Waals surface area (Å²) in [6.07, 6.45) is 7.41. The number of rotatable bonds is 11. The zero-order valence-corrected chi connectivity index (χ0v) is 13.4. The molecule has 2 N–H and O–H groups in total. The van der Waals surface area contributed by atoms with Crippen LogP contribution in [0, 0.1) is 0 Å². The Balaban J connectivity index is 1.93. The first kappa shape index (κ1) is 17.9. The summed E-state index contributed by atoms with van der Waals surface area (Å²) in [5.41, 5.74) is 0. The molecule has 120 valence electrons. The summed E-state index contributed by atoms with van der Waals surface area (Å²) >= 11 is 0. The second-order valence-corrected chi connectivity index (χ2v) is 5.83. The maximum atomic E-state index is 9.88. The first-order valence-electron chi connectivity index (χ1n) is 8.49. The van der Waals surface area contributed by atoms with Crippen LogP contribution in [0.15, 0.2) is 0 Å². The van der Waals surface area contributed by atoms with Crippen LogP contribution in [0.4, 0.5) is 0 Å². The van der Waals surface area contributed by atoms with Gasteiger partial charge in [0, 0.05) is 6.54 Å². The first-order chi connectivity index (χ1) is 9.76. The summed E-state index contributed by atoms with van der Waals surface area (Å²) in [6, 6.07) is 0. The number of hydrogen-bond donors (Lipinski definition) is 2. The molecule has 0 aromatic carbocycles. The largest absolute Gasteiger partial charge is 0.389 e. The molecule has 0 saturated heterocycles. The topological polar surface area (TPSA) is 44.7 Å². The van der Waals surface area contributed by atoms with Crippen molar-refractivity contribution in [2.75, 3.05) is 39.3 Å². The van der Waals surface area contributed by atoms with Gasteiger partial charge < -0.3 is 20.1 Å². The normalized spacial score (nSPS) is 18.6. The number of hydrogen-bond acceptors (Lipinski definition) is 4. The van der Waals surface area contributed by atoms with E-state index in [1.807, 2.05) is 0 Å². The van der Waals surface area contributed by atoms with Crippen molar-refractivity contribution in [3.63, 3.8) is 0 Å². The second-order valence-electron chi connectivity index (χ2n) is 5.83. The van der Waals surface area contributed by atoms with Gasteiger partial charge in [-0.05, 0) is 45.4 Å². The molecule has 1 atom stereocenters. The molecule has 4 heteroatoms. The van der Waals surface area contributed by atoms with Crippen LogP contribution >= 0.6 is 0 Å². The van der Waals surface area contributed by atoms with Gasteiger partial charge in [0.1, 0.15) is 0 Å². The summed E-state index contributed by atoms with van der Waals surface area (Å²) < 4.78 is 5.78. The fourth-order valence-electron chi connectivity index (χ4n) is 2.77. The minimum atomic E-state index is -0.370. The molecule has 1 aliphatic carbocycles. The third-order valence-electron chi connectivity index (χ3n) is 4.18. The van der Waals surface area contributed by atoms with Crippen LogP contribution in [0.25, 0.3) is 0 Å². The van der Waals surface area contributed by atoms with Gasteiger partial charge in [-0.2, -0.15) is 0 Å². The van der Waals surface area contributed by atoms with Crippen LogP contribution in [0.5, 0.6) is 0 Å². The van der Waals surface area contributed by atoms with Crippen molar-refractivity contribution in [2.45, 2.75) is 64.6 Å². The summed E-state index contributed by atoms with van der Waals surface area (Å²) in [5, 5.41) is 13.2. The molecule has 0 heterocycles. The molecule has 0 aromatic heterocycles. The van der Waals surface area contributed by atoms with Gasteiger partial charge in [-0.25, -0.2) is 0 Å². The lowest BCUT2D eigenvalue weighted by Crippen LogP contribution is -2.34. The third kappa shape index (κ3) is 8.20. The van der Waals surface area contributed by atoms with Crippen LogP contribution in [-0.4, -0.2) is 61.5 Å². The zero-order valence-electron chi connectivity index (χ0n) is 13.4. The number of nitrogens with one attached hydrogen (secondary N) is 1. The molecule has 0 radical (unpaired) electrons. The number of aliphatic hydroxyl groups excluding tert-OH is 1. The van der Waals surface area contributed by atoms with E-state index < -0.39 is 0 Å². The Morgan fingerprint density at radius 2 is 1.90 bits per heavy atom. The molecule has 0 spiro atoms. The highest BCUT2D eigenvalue weighted by atomic mass is 16.5. The standard InChI is InChI=1S/C16H34N2O2/c1-3-18(4-2)12-8-11-17-13-15(19)14-20-16-9-6-5-7-10-16/h15-17,19H,3-14H2,1-2H3. The van der Waals surface area contributed by atoms with Crippen molar-refractivity contribution in [1.82, 2.24) is 10.2 Å². The Hall–Kier alpha value is -0.160. The van der Waals surface area contributed by atoms with E-state index in [9.17, 15) is 5.11 Å². The van der Waals surface area contributed by atoms with E-state index in [0.29, 0.717) is 19.3 Å². The number of nitrogens with zero attached hydrogens (tertiary/aromatic N) is 1. The first-order valence-corrected chi connectivity index (χ1v) is 8.49. The van der Waals surface area contributed by atoms with E-state index in [1.165, 1.54) is 32.1 Å². The van der Waals surface area contributed by atoms with Crippen molar-refractivity contribution in [1.29, 1.82) is 0 Å². The molecular weight excluding hydrogens is 252 g/mol. The van der Waals surface area contributed by atoms with Crippen molar-refractivity contribution in [3.8, 4) is 0 Å². The fourth-order valence-corrected chi connectivity index (χ4v) is 2.77. The average molecular weight is 286 g/mol. The molecule has 1 fully saturated rings. The summed E-state index contributed by atoms with van der Waals surface area (Å²) in [6.45, 7) is 9.86. The maximum absolute atomic E-state index is 9.88. The van der Waals surface area contributed by atoms with E-state index in [1.54, 1.807) is 0 Å². The Labute approximate surface area is 124 Å². The zero-order chi connectivity index (χ0) is 14.6. The van der Waals surface area contributed by atoms with Crippen LogP contribution < -0.4 is 5.32 Å². The Kier molecular flexibility index (Phi) is 10.3. The summed E-state index contributed by atoms with van der Waals surface area (Å²) in [4.78, 5) is 2.42. The highest BCUT2D eigenvalue weighted by Gasteiger charge is 2.15. The van der Waals surface area contributed by atoms with E-state index in [-0.39, 0.29) is 6.10 Å². The summed E-state index contributed by atoms with van der Waals surface area (Å²) in [5.74, 6) is 0. The van der Waals surface area contributed by atoms with Crippen LogP contribution in [0.2, 0.25) is 0 Å². The van der Waals surface area contributed by atoms with Gasteiger partial charge >= 0.3 is 0 Å². The lowest BCUT2D eigenvalue weighted by Gasteiger charge is -2.23. The molecule has 0 aliphatic heterocycles. The highest BCUT2D eigenvalue weighted by molar-refractivity contribution is 4.67. The van der Waals surface area contributed by atoms with Gasteiger partial charge in [0.15, 0.2) is 0 Å². The Morgan fingerprint density at radius 1 is 1.20 bits per heavy atom. The molecule has 1 aliphatic rings. The molecule has 1 unspecified atom stereocenters. The molecular formula is C16H34N2O2. The number of aliphatic hydroxyl groups is 1. The molecule has 1 rings (SSSR count). The molecule has 0 amide bonds. The SMILES string of the molecule is CCN(CC)CCCNCC(O)COC1CCCCC1. The second kappa shape index (κ2) is 11.5. The fraction of sp³-hybridized carbons (Fsp3) is 1.00. The molecule has 20 heavy (non-hydrogen) atoms. The van der Waals surface area contributed by atoms with Gasteiger partial charge in [0.2, 0.25) is 0 Å². The minimum Gasteiger partial charge on any atom is -0.389 e. The van der Waals surface area contributed by atoms with Gasteiger partial charge in [-0.1, -0.05) is 33.1 Å². The smallest absolute Gasteiger partial charge is 0.0897 e. The van der Waals surface area contributed by atoms with Crippen molar-refractivity contribution >= 4 is 0 Å². The van der Waals surface area contributed by atoms with Gasteiger partial charge in [-0.3, -0.25) is 0 Å². The molecule has 0 bridgehead atoms. The van der Waals surface area contributed by atoms with Gasteiger partial charge in [0.05, 0.1) is 18.8 Å². The monoisotopic (exact) mass is 286 g/mol. The minimum absolute atomic E-state index is 0.370. The molecule has 0 aromatic rings. The van der Waals surface area contributed by atoms with E-state index in [2.05, 4.69) is 24.1 Å². The average Bonchev–Trinajstić information content (AvgIpc) is 2.50. The molecule has 4 nitrogen and oxygen atoms in total. The highest BCUT2D eigenvalue weighted by Crippen LogP contribution is 2.20. The predicted molar refractivity (Wildman–Crippen MR) is 84.1 cm³/mol. The van der Waals surface area contributed by atoms with Crippen LogP contribution in [-0.2, 0) is 4.74 Å². The lowest BCUT2D eigenvalue weighted by atomic mass is 9.98. The van der Waals surface area contributed by atoms with Gasteiger partial charge in [-0.15, -0.1) is 0 Å².